The van der Waals surface area contributed by atoms with Gasteiger partial charge in [0.1, 0.15) is 0 Å². The van der Waals surface area contributed by atoms with Gasteiger partial charge in [0, 0.05) is 21.1 Å². The van der Waals surface area contributed by atoms with Crippen LogP contribution >= 0.6 is 0 Å². The Morgan fingerprint density at radius 3 is 0.824 bits per heavy atom. The van der Waals surface area contributed by atoms with Crippen molar-refractivity contribution < 1.29 is 44.3 Å². The summed E-state index contributed by atoms with van der Waals surface area (Å²) in [4.78, 5) is 0. The molecule has 7 heteroatoms. The molecule has 0 amide bonds. The van der Waals surface area contributed by atoms with Gasteiger partial charge in [-0.15, -0.1) is 13.1 Å². The second kappa shape index (κ2) is 110. The quantitative estimate of drug-likeness (QED) is 0.426. The molecule has 17 heavy (non-hydrogen) atoms. The summed E-state index contributed by atoms with van der Waals surface area (Å²) in [5.41, 5.74) is 0. The minimum absolute atomic E-state index is 0. The first-order valence-electron chi connectivity index (χ1n) is 3.65. The minimum Gasteiger partial charge on any atom is 0 e. The van der Waals surface area contributed by atoms with Crippen LogP contribution in [0, 0.1) is 33.3 Å². The van der Waals surface area contributed by atoms with Crippen molar-refractivity contribution in [2.45, 2.75) is 19.3 Å². The third-order valence-corrected chi connectivity index (χ3v) is 1.13. The largest absolute Gasteiger partial charge is 0 e. The Morgan fingerprint density at radius 1 is 0.529 bits per heavy atom. The molecule has 1 saturated heterocycles. The molecule has 6 nitrogen and oxygen atoms in total. The van der Waals surface area contributed by atoms with Gasteiger partial charge in [0.25, 0.3) is 0 Å². The van der Waals surface area contributed by atoms with E-state index in [1.807, 2.05) is 0 Å². The summed E-state index contributed by atoms with van der Waals surface area (Å²) < 4.78 is 37.5. The van der Waals surface area contributed by atoms with E-state index in [9.17, 15) is 0 Å². The van der Waals surface area contributed by atoms with Crippen LogP contribution in [-0.2, 0) is 44.3 Å². The van der Waals surface area contributed by atoms with Crippen molar-refractivity contribution >= 4 is 0 Å². The summed E-state index contributed by atoms with van der Waals surface area (Å²) in [5.74, 6) is 0. The van der Waals surface area contributed by atoms with Gasteiger partial charge in [-0.3, -0.25) is 0 Å². The van der Waals surface area contributed by atoms with Gasteiger partial charge in [0.05, 0.1) is 0 Å². The molecule has 0 N–H and O–H groups in total. The van der Waals surface area contributed by atoms with Crippen molar-refractivity contribution in [3.63, 3.8) is 0 Å². The summed E-state index contributed by atoms with van der Waals surface area (Å²) in [6.45, 7) is 24.8. The van der Waals surface area contributed by atoms with Crippen LogP contribution in [0.2, 0.25) is 0 Å². The fourth-order valence-corrected chi connectivity index (χ4v) is 0.736. The Hall–Kier alpha value is -0.652. The summed E-state index contributed by atoms with van der Waals surface area (Å²) >= 11 is 0. The number of piperidine rings is 1. The molecule has 0 aliphatic carbocycles. The average molecular weight is 408 g/mol. The van der Waals surface area contributed by atoms with Crippen molar-refractivity contribution in [2.24, 2.45) is 0 Å². The van der Waals surface area contributed by atoms with Crippen molar-refractivity contribution in [1.29, 1.82) is 0 Å². The maximum atomic E-state index is 7.50. The van der Waals surface area contributed by atoms with Gasteiger partial charge in [0.15, 0.2) is 0 Å². The summed E-state index contributed by atoms with van der Waals surface area (Å²) in [7, 11) is 0. The fraction of sp³-hybridized carbons (Fsp3) is 0.500. The molecule has 0 spiro atoms. The first-order chi connectivity index (χ1) is 8.00. The molecule has 0 radical (unpaired) electrons. The van der Waals surface area contributed by atoms with Gasteiger partial charge in [-0.1, -0.05) is 19.3 Å². The van der Waals surface area contributed by atoms with E-state index in [1.165, 1.54) is 19.3 Å². The second-order valence-electron chi connectivity index (χ2n) is 1.73. The van der Waals surface area contributed by atoms with E-state index >= 15 is 0 Å². The van der Waals surface area contributed by atoms with Crippen molar-refractivity contribution in [2.75, 3.05) is 13.1 Å². The van der Waals surface area contributed by atoms with Crippen LogP contribution in [0.5, 0.6) is 0 Å². The Kier molecular flexibility index (Phi) is 234. The van der Waals surface area contributed by atoms with E-state index in [2.05, 4.69) is 38.6 Å². The van der Waals surface area contributed by atoms with Gasteiger partial charge in [-0.25, -0.2) is 0 Å². The zero-order valence-electron chi connectivity index (χ0n) is 8.93. The predicted octanol–water partition coefficient (Wildman–Crippen LogP) is 1.35. The number of hydrogen-bond donors (Lipinski definition) is 0. The van der Waals surface area contributed by atoms with E-state index in [0.29, 0.717) is 0 Å². The zero-order valence-corrected chi connectivity index (χ0v) is 11.9. The first kappa shape index (κ1) is 36.0. The summed E-state index contributed by atoms with van der Waals surface area (Å²) in [6, 6.07) is 0. The van der Waals surface area contributed by atoms with Crippen molar-refractivity contribution in [3.05, 3.63) is 38.6 Å². The van der Waals surface area contributed by atoms with E-state index in [4.69, 9.17) is 23.3 Å². The third-order valence-electron chi connectivity index (χ3n) is 1.13. The van der Waals surface area contributed by atoms with E-state index in [1.54, 1.807) is 0 Å². The number of nitrogens with zero attached hydrogens (tertiary/aromatic N) is 1. The second-order valence-corrected chi connectivity index (χ2v) is 1.73. The van der Waals surface area contributed by atoms with Crippen LogP contribution in [0.3, 0.4) is 0 Å². The Morgan fingerprint density at radius 2 is 0.765 bits per heavy atom. The molecule has 0 aromatic carbocycles. The molecule has 1 rings (SSSR count). The molecule has 0 bridgehead atoms. The molecule has 92 valence electrons. The molecule has 0 atom stereocenters. The molecule has 1 aliphatic rings. The molecule has 0 aromatic heterocycles. The third kappa shape index (κ3) is 95.6. The molecule has 1 aliphatic heterocycles. The Labute approximate surface area is 115 Å². The smallest absolute Gasteiger partial charge is 0 e. The van der Waals surface area contributed by atoms with Gasteiger partial charge in [-0.2, -0.15) is 0 Å². The van der Waals surface area contributed by atoms with Crippen LogP contribution in [0.4, 0.5) is 0 Å². The van der Waals surface area contributed by atoms with Crippen molar-refractivity contribution in [1.82, 2.24) is 0 Å². The van der Waals surface area contributed by atoms with Crippen molar-refractivity contribution in [3.8, 4) is 0 Å². The Balaban J connectivity index is -0.0000000242. The minimum atomic E-state index is 0. The van der Waals surface area contributed by atoms with Crippen LogP contribution in [-0.4, -0.2) is 13.1 Å². The van der Waals surface area contributed by atoms with Gasteiger partial charge in [0.2, 0.25) is 0 Å². The number of rotatable bonds is 0. The standard InChI is InChI=1S/C5H10N.5CO.W/c1-2-4-6-5-3-1;5*1-2;/h1-5H2;;;;;;/q-1;;;;;;. The molecule has 0 saturated carbocycles. The molecule has 1 heterocycles. The molecular weight excluding hydrogens is 398 g/mol. The van der Waals surface area contributed by atoms with Crippen LogP contribution in [0.25, 0.3) is 5.32 Å². The van der Waals surface area contributed by atoms with E-state index in [-0.39, 0.29) is 21.1 Å². The average Bonchev–Trinajstić information content (AvgIpc) is 2.51. The normalized spacial score (nSPS) is 9.06. The SMILES string of the molecule is C1CC[N-]CC1.[C-]#[O+].[C-]#[O+].[C-]#[O+].[C-]#[O+].[C-]#[O+].[W]. The fourth-order valence-electron chi connectivity index (χ4n) is 0.736. The summed E-state index contributed by atoms with van der Waals surface area (Å²) in [6.07, 6.45) is 4.07. The Bertz CT molecular complexity index is 135. The maximum absolute atomic E-state index is 7.50. The molecule has 0 unspecified atom stereocenters. The predicted molar refractivity (Wildman–Crippen MR) is 46.6 cm³/mol. The van der Waals surface area contributed by atoms with Gasteiger partial charge >= 0.3 is 56.5 Å². The van der Waals surface area contributed by atoms with E-state index in [0.717, 1.165) is 13.1 Å². The maximum Gasteiger partial charge on any atom is 0 e. The molecule has 1 fully saturated rings. The molecule has 0 aromatic rings. The zero-order chi connectivity index (χ0) is 14.2. The topological polar surface area (TPSA) is 114 Å². The van der Waals surface area contributed by atoms with Gasteiger partial charge in [-0.05, 0) is 0 Å². The van der Waals surface area contributed by atoms with E-state index < -0.39 is 0 Å². The van der Waals surface area contributed by atoms with Crippen LogP contribution in [0.15, 0.2) is 0 Å². The van der Waals surface area contributed by atoms with Crippen LogP contribution < -0.4 is 0 Å². The number of hydrogen-bond acceptors (Lipinski definition) is 0. The first-order valence-corrected chi connectivity index (χ1v) is 3.65. The monoisotopic (exact) mass is 408 g/mol. The summed E-state index contributed by atoms with van der Waals surface area (Å²) in [5, 5.41) is 4.18. The van der Waals surface area contributed by atoms with Gasteiger partial charge < -0.3 is 5.32 Å². The molecular formula is C10H10NO5W-. The van der Waals surface area contributed by atoms with Crippen LogP contribution in [0.1, 0.15) is 19.3 Å².